The molecule has 0 aliphatic heterocycles. The zero-order valence-electron chi connectivity index (χ0n) is 10.1. The molecule has 0 aliphatic carbocycles. The molecular formula is C10H14N4O2S2. The Morgan fingerprint density at radius 1 is 1.72 bits per heavy atom. The van der Waals surface area contributed by atoms with Gasteiger partial charge in [0.05, 0.1) is 0 Å². The van der Waals surface area contributed by atoms with Crippen LogP contribution in [0.3, 0.4) is 0 Å². The molecule has 0 saturated heterocycles. The lowest BCUT2D eigenvalue weighted by molar-refractivity contribution is -0.389. The van der Waals surface area contributed by atoms with E-state index in [0.29, 0.717) is 10.8 Å². The standard InChI is InChI=1S/C10H14N4O2S2/c1-3-7(6-17-2)11-8-9(14(15)16)13-4-5-18-10(13)12-8/h4-5,7,11H,3,6H2,1-2H3. The summed E-state index contributed by atoms with van der Waals surface area (Å²) in [5.41, 5.74) is 0. The van der Waals surface area contributed by atoms with E-state index < -0.39 is 0 Å². The monoisotopic (exact) mass is 286 g/mol. The minimum Gasteiger partial charge on any atom is -0.359 e. The van der Waals surface area contributed by atoms with E-state index in [0.717, 1.165) is 12.2 Å². The smallest absolute Gasteiger partial charge is 0.359 e. The van der Waals surface area contributed by atoms with Gasteiger partial charge in [-0.05, 0) is 17.6 Å². The second-order valence-electron chi connectivity index (χ2n) is 3.80. The summed E-state index contributed by atoms with van der Waals surface area (Å²) in [6.45, 7) is 2.05. The molecule has 2 rings (SSSR count). The lowest BCUT2D eigenvalue weighted by atomic mass is 10.2. The summed E-state index contributed by atoms with van der Waals surface area (Å²) in [7, 11) is 0. The molecule has 0 fully saturated rings. The fourth-order valence-corrected chi connectivity index (χ4v) is 3.13. The normalized spacial score (nSPS) is 12.8. The molecule has 2 heterocycles. The highest BCUT2D eigenvalue weighted by Crippen LogP contribution is 2.28. The van der Waals surface area contributed by atoms with Crippen molar-refractivity contribution in [3.8, 4) is 0 Å². The van der Waals surface area contributed by atoms with Gasteiger partial charge in [0, 0.05) is 17.2 Å². The first kappa shape index (κ1) is 13.2. The number of hydrogen-bond acceptors (Lipinski definition) is 6. The van der Waals surface area contributed by atoms with Gasteiger partial charge >= 0.3 is 5.82 Å². The van der Waals surface area contributed by atoms with Gasteiger partial charge in [0.2, 0.25) is 5.82 Å². The number of aromatic nitrogens is 2. The zero-order chi connectivity index (χ0) is 13.1. The molecule has 8 heteroatoms. The maximum atomic E-state index is 11.1. The summed E-state index contributed by atoms with van der Waals surface area (Å²) in [5.74, 6) is 1.29. The van der Waals surface area contributed by atoms with E-state index in [2.05, 4.69) is 17.2 Å². The Balaban J connectivity index is 2.34. The highest BCUT2D eigenvalue weighted by molar-refractivity contribution is 7.98. The molecule has 6 nitrogen and oxygen atoms in total. The van der Waals surface area contributed by atoms with Crippen LogP contribution in [0, 0.1) is 10.1 Å². The van der Waals surface area contributed by atoms with Gasteiger partial charge in [-0.25, -0.2) is 0 Å². The minimum atomic E-state index is -0.388. The second kappa shape index (κ2) is 5.57. The highest BCUT2D eigenvalue weighted by atomic mass is 32.2. The van der Waals surface area contributed by atoms with Crippen LogP contribution < -0.4 is 5.32 Å². The van der Waals surface area contributed by atoms with Crippen LogP contribution in [0.2, 0.25) is 0 Å². The maximum absolute atomic E-state index is 11.1. The summed E-state index contributed by atoms with van der Waals surface area (Å²) >= 11 is 3.10. The van der Waals surface area contributed by atoms with Gasteiger partial charge in [0.25, 0.3) is 4.96 Å². The quantitative estimate of drug-likeness (QED) is 0.653. The number of fused-ring (bicyclic) bond motifs is 1. The van der Waals surface area contributed by atoms with E-state index in [1.54, 1.807) is 23.3 Å². The maximum Gasteiger partial charge on any atom is 0.372 e. The number of nitrogens with one attached hydrogen (secondary N) is 1. The SMILES string of the molecule is CCC(CSC)Nc1nc2sccn2c1[N+](=O)[O-]. The Labute approximate surface area is 113 Å². The molecule has 1 unspecified atom stereocenters. The first-order valence-corrected chi connectivity index (χ1v) is 7.80. The number of thiazole rings is 1. The van der Waals surface area contributed by atoms with E-state index in [1.165, 1.54) is 15.7 Å². The van der Waals surface area contributed by atoms with Crippen LogP contribution in [0.5, 0.6) is 0 Å². The molecule has 2 aromatic rings. The van der Waals surface area contributed by atoms with Crippen molar-refractivity contribution >= 4 is 39.7 Å². The van der Waals surface area contributed by atoms with Gasteiger partial charge in [-0.3, -0.25) is 0 Å². The number of anilines is 1. The van der Waals surface area contributed by atoms with E-state index in [9.17, 15) is 10.1 Å². The van der Waals surface area contributed by atoms with Crippen LogP contribution in [0.4, 0.5) is 11.6 Å². The average Bonchev–Trinajstić information content (AvgIpc) is 2.87. The molecule has 0 aliphatic rings. The fourth-order valence-electron chi connectivity index (χ4n) is 1.70. The van der Waals surface area contributed by atoms with Crippen molar-refractivity contribution in [1.29, 1.82) is 0 Å². The molecule has 0 radical (unpaired) electrons. The van der Waals surface area contributed by atoms with E-state index in [-0.39, 0.29) is 16.8 Å². The molecule has 0 saturated carbocycles. The van der Waals surface area contributed by atoms with Crippen LogP contribution in [0.1, 0.15) is 13.3 Å². The number of rotatable bonds is 6. The average molecular weight is 286 g/mol. The van der Waals surface area contributed by atoms with Crippen molar-refractivity contribution in [3.05, 3.63) is 21.7 Å². The number of imidazole rings is 1. The van der Waals surface area contributed by atoms with Crippen molar-refractivity contribution in [2.45, 2.75) is 19.4 Å². The number of hydrogen-bond donors (Lipinski definition) is 1. The van der Waals surface area contributed by atoms with Crippen molar-refractivity contribution in [2.75, 3.05) is 17.3 Å². The predicted molar refractivity (Wildman–Crippen MR) is 75.8 cm³/mol. The number of thioether (sulfide) groups is 1. The number of nitrogens with zero attached hydrogens (tertiary/aromatic N) is 3. The van der Waals surface area contributed by atoms with E-state index in [4.69, 9.17) is 0 Å². The Morgan fingerprint density at radius 3 is 3.11 bits per heavy atom. The molecule has 0 bridgehead atoms. The van der Waals surface area contributed by atoms with Gasteiger partial charge in [0.1, 0.15) is 6.20 Å². The third-order valence-corrected chi connectivity index (χ3v) is 4.10. The molecule has 98 valence electrons. The summed E-state index contributed by atoms with van der Waals surface area (Å²) < 4.78 is 1.51. The largest absolute Gasteiger partial charge is 0.372 e. The van der Waals surface area contributed by atoms with Crippen LogP contribution in [0.25, 0.3) is 4.96 Å². The Bertz CT molecular complexity index is 551. The summed E-state index contributed by atoms with van der Waals surface area (Å²) in [4.78, 5) is 15.7. The molecule has 0 amide bonds. The Hall–Kier alpha value is -1.28. The van der Waals surface area contributed by atoms with Crippen LogP contribution >= 0.6 is 23.1 Å². The third kappa shape index (κ3) is 2.44. The summed E-state index contributed by atoms with van der Waals surface area (Å²) in [5, 5.41) is 16.1. The topological polar surface area (TPSA) is 72.5 Å². The molecule has 0 aromatic carbocycles. The van der Waals surface area contributed by atoms with Gasteiger partial charge in [-0.2, -0.15) is 21.1 Å². The summed E-state index contributed by atoms with van der Waals surface area (Å²) in [6, 6.07) is 0.198. The molecule has 18 heavy (non-hydrogen) atoms. The van der Waals surface area contributed by atoms with Crippen molar-refractivity contribution in [3.63, 3.8) is 0 Å². The minimum absolute atomic E-state index is 0.0193. The van der Waals surface area contributed by atoms with Crippen molar-refractivity contribution in [1.82, 2.24) is 9.38 Å². The van der Waals surface area contributed by atoms with E-state index in [1.807, 2.05) is 6.26 Å². The van der Waals surface area contributed by atoms with Crippen LogP contribution in [-0.2, 0) is 0 Å². The number of nitro groups is 1. The summed E-state index contributed by atoms with van der Waals surface area (Å²) in [6.07, 6.45) is 4.60. The molecule has 2 aromatic heterocycles. The van der Waals surface area contributed by atoms with Gasteiger partial charge in [-0.1, -0.05) is 18.3 Å². The molecule has 1 N–H and O–H groups in total. The first-order valence-electron chi connectivity index (χ1n) is 5.52. The van der Waals surface area contributed by atoms with Crippen LogP contribution in [-0.4, -0.2) is 32.4 Å². The zero-order valence-corrected chi connectivity index (χ0v) is 11.8. The molecular weight excluding hydrogens is 272 g/mol. The first-order chi connectivity index (χ1) is 8.67. The predicted octanol–water partition coefficient (Wildman–Crippen LogP) is 2.86. The Morgan fingerprint density at radius 2 is 2.50 bits per heavy atom. The lowest BCUT2D eigenvalue weighted by Gasteiger charge is -2.14. The van der Waals surface area contributed by atoms with Gasteiger partial charge in [-0.15, -0.1) is 0 Å². The fraction of sp³-hybridized carbons (Fsp3) is 0.500. The highest BCUT2D eigenvalue weighted by Gasteiger charge is 2.24. The van der Waals surface area contributed by atoms with Gasteiger partial charge in [0.15, 0.2) is 0 Å². The molecule has 1 atom stereocenters. The molecule has 0 spiro atoms. The Kier molecular flexibility index (Phi) is 4.07. The van der Waals surface area contributed by atoms with E-state index >= 15 is 0 Å². The van der Waals surface area contributed by atoms with Crippen molar-refractivity contribution < 1.29 is 4.92 Å². The van der Waals surface area contributed by atoms with Crippen molar-refractivity contribution in [2.24, 2.45) is 0 Å². The second-order valence-corrected chi connectivity index (χ2v) is 5.59. The van der Waals surface area contributed by atoms with Crippen LogP contribution in [0.15, 0.2) is 11.6 Å². The van der Waals surface area contributed by atoms with Gasteiger partial charge < -0.3 is 15.4 Å². The lowest BCUT2D eigenvalue weighted by Crippen LogP contribution is -2.21. The third-order valence-electron chi connectivity index (χ3n) is 2.61.